The molecular weight excluding hydrogens is 212 g/mol. The van der Waals surface area contributed by atoms with Crippen LogP contribution in [-0.2, 0) is 10.2 Å². The molecule has 0 radical (unpaired) electrons. The molecule has 3 fully saturated rings. The van der Waals surface area contributed by atoms with E-state index in [1.807, 2.05) is 6.07 Å². The van der Waals surface area contributed by atoms with Crippen molar-refractivity contribution in [2.75, 3.05) is 6.67 Å². The fraction of sp³-hybridized carbons (Fsp3) is 0.429. The van der Waals surface area contributed by atoms with Gasteiger partial charge in [0.15, 0.2) is 5.78 Å². The maximum Gasteiger partial charge on any atom is 0.179 e. The second-order valence-electron chi connectivity index (χ2n) is 5.32. The number of hydrogen-bond acceptors (Lipinski definition) is 3. The maximum absolute atomic E-state index is 11.9. The van der Waals surface area contributed by atoms with Crippen LogP contribution in [0.3, 0.4) is 0 Å². The summed E-state index contributed by atoms with van der Waals surface area (Å²) in [5.41, 5.74) is 6.82. The standard InChI is InChI=1S/C14H16N2O/c15-10-16-6-12(17)14-7-13(8-14,9-14)11-4-2-1-3-5-11/h1-6H,7-10,15H2. The topological polar surface area (TPSA) is 55.4 Å². The van der Waals surface area contributed by atoms with Crippen molar-refractivity contribution in [3.05, 3.63) is 35.9 Å². The van der Waals surface area contributed by atoms with Gasteiger partial charge in [-0.3, -0.25) is 9.79 Å². The summed E-state index contributed by atoms with van der Waals surface area (Å²) < 4.78 is 0. The van der Waals surface area contributed by atoms with E-state index in [9.17, 15) is 4.79 Å². The molecular formula is C14H16N2O. The monoisotopic (exact) mass is 228 g/mol. The fourth-order valence-corrected chi connectivity index (χ4v) is 3.42. The molecule has 88 valence electrons. The first-order valence-corrected chi connectivity index (χ1v) is 6.01. The average Bonchev–Trinajstić information content (AvgIpc) is 2.24. The molecule has 4 rings (SSSR count). The number of nitrogens with two attached hydrogens (primary N) is 1. The van der Waals surface area contributed by atoms with Gasteiger partial charge in [-0.2, -0.15) is 0 Å². The van der Waals surface area contributed by atoms with Crippen LogP contribution in [0.15, 0.2) is 35.3 Å². The minimum atomic E-state index is -0.103. The lowest BCUT2D eigenvalue weighted by molar-refractivity contribution is -0.165. The van der Waals surface area contributed by atoms with Gasteiger partial charge in [-0.05, 0) is 30.2 Å². The minimum Gasteiger partial charge on any atom is -0.312 e. The molecule has 2 N–H and O–H groups in total. The van der Waals surface area contributed by atoms with Crippen LogP contribution >= 0.6 is 0 Å². The summed E-state index contributed by atoms with van der Waals surface area (Å²) in [7, 11) is 0. The Kier molecular flexibility index (Phi) is 2.20. The third-order valence-electron chi connectivity index (χ3n) is 4.25. The Hall–Kier alpha value is -1.48. The first kappa shape index (κ1) is 10.7. The summed E-state index contributed by atoms with van der Waals surface area (Å²) in [6.07, 6.45) is 4.38. The van der Waals surface area contributed by atoms with Gasteiger partial charge in [-0.25, -0.2) is 0 Å². The number of hydrogen-bond donors (Lipinski definition) is 1. The van der Waals surface area contributed by atoms with Gasteiger partial charge in [0.05, 0.1) is 12.9 Å². The Balaban J connectivity index is 1.71. The molecule has 0 aromatic heterocycles. The third-order valence-corrected chi connectivity index (χ3v) is 4.25. The molecule has 1 aromatic carbocycles. The molecule has 3 aliphatic carbocycles. The predicted molar refractivity (Wildman–Crippen MR) is 67.0 cm³/mol. The second-order valence-corrected chi connectivity index (χ2v) is 5.32. The van der Waals surface area contributed by atoms with Crippen LogP contribution in [0.25, 0.3) is 0 Å². The van der Waals surface area contributed by atoms with Gasteiger partial charge in [0.1, 0.15) is 0 Å². The Bertz CT molecular complexity index is 458. The van der Waals surface area contributed by atoms with Crippen molar-refractivity contribution in [1.82, 2.24) is 0 Å². The van der Waals surface area contributed by atoms with Crippen molar-refractivity contribution in [3.63, 3.8) is 0 Å². The van der Waals surface area contributed by atoms with E-state index in [-0.39, 0.29) is 23.3 Å². The summed E-state index contributed by atoms with van der Waals surface area (Å²) in [4.78, 5) is 15.8. The van der Waals surface area contributed by atoms with E-state index in [0.717, 1.165) is 19.3 Å². The zero-order valence-corrected chi connectivity index (χ0v) is 9.73. The predicted octanol–water partition coefficient (Wildman–Crippen LogP) is 1.66. The van der Waals surface area contributed by atoms with Crippen LogP contribution in [0.1, 0.15) is 24.8 Å². The summed E-state index contributed by atoms with van der Waals surface area (Å²) >= 11 is 0. The molecule has 0 spiro atoms. The smallest absolute Gasteiger partial charge is 0.179 e. The molecule has 0 atom stereocenters. The third kappa shape index (κ3) is 1.39. The molecule has 0 heterocycles. The van der Waals surface area contributed by atoms with Gasteiger partial charge >= 0.3 is 0 Å². The van der Waals surface area contributed by atoms with Crippen molar-refractivity contribution in [1.29, 1.82) is 0 Å². The van der Waals surface area contributed by atoms with Gasteiger partial charge < -0.3 is 5.73 Å². The minimum absolute atomic E-state index is 0.103. The number of carbonyl (C=O) groups excluding carboxylic acids is 1. The van der Waals surface area contributed by atoms with Gasteiger partial charge in [-0.1, -0.05) is 30.3 Å². The Morgan fingerprint density at radius 2 is 1.94 bits per heavy atom. The zero-order valence-electron chi connectivity index (χ0n) is 9.73. The largest absolute Gasteiger partial charge is 0.312 e. The van der Waals surface area contributed by atoms with Crippen molar-refractivity contribution >= 4 is 12.0 Å². The van der Waals surface area contributed by atoms with Gasteiger partial charge in [0.2, 0.25) is 0 Å². The van der Waals surface area contributed by atoms with Crippen LogP contribution in [0.4, 0.5) is 0 Å². The average molecular weight is 228 g/mol. The Labute approximate surface area is 101 Å². The molecule has 2 bridgehead atoms. The molecule has 3 saturated carbocycles. The molecule has 0 unspecified atom stereocenters. The summed E-state index contributed by atoms with van der Waals surface area (Å²) in [6.45, 7) is 0.200. The van der Waals surface area contributed by atoms with Crippen LogP contribution in [0.2, 0.25) is 0 Å². The van der Waals surface area contributed by atoms with E-state index in [2.05, 4.69) is 29.3 Å². The number of ketones is 1. The van der Waals surface area contributed by atoms with Gasteiger partial charge in [-0.15, -0.1) is 0 Å². The van der Waals surface area contributed by atoms with E-state index >= 15 is 0 Å². The van der Waals surface area contributed by atoms with Crippen LogP contribution < -0.4 is 5.73 Å². The Morgan fingerprint density at radius 3 is 2.53 bits per heavy atom. The van der Waals surface area contributed by atoms with E-state index in [4.69, 9.17) is 5.73 Å². The lowest BCUT2D eigenvalue weighted by Crippen LogP contribution is -2.68. The first-order chi connectivity index (χ1) is 8.21. The number of Topliss-reactive ketones (excluding diaryl/α,β-unsaturated/α-hetero) is 1. The molecule has 3 heteroatoms. The molecule has 0 amide bonds. The van der Waals surface area contributed by atoms with Crippen LogP contribution in [0, 0.1) is 5.41 Å². The number of rotatable bonds is 4. The second kappa shape index (κ2) is 3.50. The highest BCUT2D eigenvalue weighted by molar-refractivity contribution is 6.31. The lowest BCUT2D eigenvalue weighted by atomic mass is 9.32. The van der Waals surface area contributed by atoms with Crippen molar-refractivity contribution in [2.24, 2.45) is 16.1 Å². The Morgan fingerprint density at radius 1 is 1.29 bits per heavy atom. The summed E-state index contributed by atoms with van der Waals surface area (Å²) in [5.74, 6) is 0.167. The molecule has 0 saturated heterocycles. The summed E-state index contributed by atoms with van der Waals surface area (Å²) in [5, 5.41) is 0. The highest BCUT2D eigenvalue weighted by atomic mass is 16.1. The molecule has 0 aliphatic heterocycles. The maximum atomic E-state index is 11.9. The van der Waals surface area contributed by atoms with Crippen LogP contribution in [0.5, 0.6) is 0 Å². The van der Waals surface area contributed by atoms with Gasteiger partial charge in [0, 0.05) is 5.41 Å². The number of benzene rings is 1. The van der Waals surface area contributed by atoms with E-state index in [1.54, 1.807) is 0 Å². The normalized spacial score (nSPS) is 34.2. The zero-order chi connectivity index (χ0) is 11.9. The SMILES string of the molecule is NCN=CC(=O)C12CC(c3ccccc3)(C1)C2. The van der Waals surface area contributed by atoms with Crippen molar-refractivity contribution in [2.45, 2.75) is 24.7 Å². The lowest BCUT2D eigenvalue weighted by Gasteiger charge is -2.69. The van der Waals surface area contributed by atoms with E-state index < -0.39 is 0 Å². The highest BCUT2D eigenvalue weighted by Gasteiger charge is 2.71. The highest BCUT2D eigenvalue weighted by Crippen LogP contribution is 2.73. The number of carbonyl (C=O) groups is 1. The van der Waals surface area contributed by atoms with Crippen LogP contribution in [-0.4, -0.2) is 18.7 Å². The first-order valence-electron chi connectivity index (χ1n) is 6.01. The number of aliphatic imine (C=N–C) groups is 1. The number of nitrogens with zero attached hydrogens (tertiary/aromatic N) is 1. The molecule has 3 aliphatic rings. The van der Waals surface area contributed by atoms with E-state index in [1.165, 1.54) is 11.8 Å². The summed E-state index contributed by atoms with van der Waals surface area (Å²) in [6, 6.07) is 10.5. The van der Waals surface area contributed by atoms with Crippen molar-refractivity contribution in [3.8, 4) is 0 Å². The fourth-order valence-electron chi connectivity index (χ4n) is 3.42. The van der Waals surface area contributed by atoms with Gasteiger partial charge in [0.25, 0.3) is 0 Å². The quantitative estimate of drug-likeness (QED) is 0.797. The molecule has 3 nitrogen and oxygen atoms in total. The molecule has 17 heavy (non-hydrogen) atoms. The van der Waals surface area contributed by atoms with E-state index in [0.29, 0.717) is 0 Å². The molecule has 1 aromatic rings. The van der Waals surface area contributed by atoms with Crippen molar-refractivity contribution < 1.29 is 4.79 Å².